The van der Waals surface area contributed by atoms with Crippen molar-refractivity contribution in [3.05, 3.63) is 76.7 Å². The molecule has 1 atom stereocenters. The molecule has 0 fully saturated rings. The van der Waals surface area contributed by atoms with Crippen LogP contribution in [0.15, 0.2) is 48.8 Å². The molecule has 0 aliphatic carbocycles. The lowest BCUT2D eigenvalue weighted by Crippen LogP contribution is -2.34. The third-order valence-corrected chi connectivity index (χ3v) is 5.80. The van der Waals surface area contributed by atoms with Crippen LogP contribution in [-0.4, -0.2) is 35.6 Å². The van der Waals surface area contributed by atoms with Gasteiger partial charge >= 0.3 is 6.03 Å². The third kappa shape index (κ3) is 3.16. The molecule has 0 spiro atoms. The van der Waals surface area contributed by atoms with Crippen molar-refractivity contribution in [2.75, 3.05) is 23.9 Å². The number of benzene rings is 1. The number of pyridine rings is 2. The Bertz CT molecular complexity index is 1210. The SMILES string of the molecule is COc1cc2c(cn1)N(C(=O)Nc1ccnc3c1C(c1ccccc1C)NC3=O)CC2. The molecular weight excluding hydrogens is 394 g/mol. The average molecular weight is 415 g/mol. The van der Waals surface area contributed by atoms with Crippen molar-refractivity contribution in [3.63, 3.8) is 0 Å². The summed E-state index contributed by atoms with van der Waals surface area (Å²) in [6.07, 6.45) is 3.92. The van der Waals surface area contributed by atoms with E-state index in [1.807, 2.05) is 37.3 Å². The number of hydrogen-bond acceptors (Lipinski definition) is 5. The molecule has 3 amide bonds. The number of ether oxygens (including phenoxy) is 1. The van der Waals surface area contributed by atoms with Gasteiger partial charge in [0.05, 0.1) is 30.7 Å². The molecule has 0 saturated heterocycles. The Morgan fingerprint density at radius 3 is 2.90 bits per heavy atom. The summed E-state index contributed by atoms with van der Waals surface area (Å²) in [5, 5.41) is 5.99. The van der Waals surface area contributed by atoms with Crippen LogP contribution in [0, 0.1) is 6.92 Å². The number of amides is 3. The molecule has 4 heterocycles. The van der Waals surface area contributed by atoms with Gasteiger partial charge in [-0.15, -0.1) is 0 Å². The number of urea groups is 1. The molecule has 3 aromatic rings. The van der Waals surface area contributed by atoms with Gasteiger partial charge in [0, 0.05) is 24.4 Å². The Morgan fingerprint density at radius 2 is 2.10 bits per heavy atom. The van der Waals surface area contributed by atoms with E-state index in [1.54, 1.807) is 30.5 Å². The maximum atomic E-state index is 13.2. The fourth-order valence-corrected chi connectivity index (χ4v) is 4.24. The first-order valence-electron chi connectivity index (χ1n) is 10.0. The molecule has 1 aromatic carbocycles. The summed E-state index contributed by atoms with van der Waals surface area (Å²) in [4.78, 5) is 35.9. The van der Waals surface area contributed by atoms with Crippen molar-refractivity contribution >= 4 is 23.3 Å². The zero-order valence-electron chi connectivity index (χ0n) is 17.2. The fraction of sp³-hybridized carbons (Fsp3) is 0.217. The van der Waals surface area contributed by atoms with E-state index in [-0.39, 0.29) is 18.0 Å². The first-order chi connectivity index (χ1) is 15.1. The number of nitrogens with one attached hydrogen (secondary N) is 2. The minimum absolute atomic E-state index is 0.248. The van der Waals surface area contributed by atoms with E-state index in [9.17, 15) is 9.59 Å². The summed E-state index contributed by atoms with van der Waals surface area (Å²) in [5.74, 6) is 0.279. The van der Waals surface area contributed by atoms with Gasteiger partial charge in [0.2, 0.25) is 5.88 Å². The number of aryl methyl sites for hydroxylation is 1. The van der Waals surface area contributed by atoms with Crippen LogP contribution in [0.1, 0.15) is 38.8 Å². The van der Waals surface area contributed by atoms with E-state index in [0.717, 1.165) is 28.8 Å². The van der Waals surface area contributed by atoms with Crippen LogP contribution in [0.2, 0.25) is 0 Å². The van der Waals surface area contributed by atoms with Crippen molar-refractivity contribution < 1.29 is 14.3 Å². The molecule has 0 bridgehead atoms. The number of methoxy groups -OCH3 is 1. The number of anilines is 2. The molecule has 2 N–H and O–H groups in total. The first-order valence-corrected chi connectivity index (χ1v) is 10.0. The molecule has 5 rings (SSSR count). The Hall–Kier alpha value is -3.94. The van der Waals surface area contributed by atoms with Crippen LogP contribution < -0.4 is 20.3 Å². The normalized spacial score (nSPS) is 16.5. The zero-order chi connectivity index (χ0) is 21.5. The number of fused-ring (bicyclic) bond motifs is 2. The number of carbonyl (C=O) groups excluding carboxylic acids is 2. The second kappa shape index (κ2) is 7.39. The molecule has 8 heteroatoms. The summed E-state index contributed by atoms with van der Waals surface area (Å²) in [6.45, 7) is 2.54. The Balaban J connectivity index is 1.48. The van der Waals surface area contributed by atoms with E-state index in [0.29, 0.717) is 29.4 Å². The van der Waals surface area contributed by atoms with E-state index in [4.69, 9.17) is 4.74 Å². The predicted molar refractivity (Wildman–Crippen MR) is 116 cm³/mol. The molecule has 0 saturated carbocycles. The number of hydrogen-bond donors (Lipinski definition) is 2. The first kappa shape index (κ1) is 19.0. The van der Waals surface area contributed by atoms with Crippen molar-refractivity contribution in [2.24, 2.45) is 0 Å². The van der Waals surface area contributed by atoms with Crippen molar-refractivity contribution in [1.82, 2.24) is 15.3 Å². The van der Waals surface area contributed by atoms with Gasteiger partial charge in [-0.05, 0) is 36.1 Å². The highest BCUT2D eigenvalue weighted by Gasteiger charge is 2.35. The van der Waals surface area contributed by atoms with E-state index in [1.165, 1.54) is 0 Å². The lowest BCUT2D eigenvalue weighted by Gasteiger charge is -2.21. The van der Waals surface area contributed by atoms with Crippen LogP contribution in [0.5, 0.6) is 5.88 Å². The standard InChI is InChI=1S/C23H21N5O3/c1-13-5-3-4-6-15(13)20-19-16(7-9-24-21(19)22(29)27-20)26-23(30)28-10-8-14-11-18(31-2)25-12-17(14)28/h3-7,9,11-12,20H,8,10H2,1-2H3,(H,27,29)(H,24,26,30). The van der Waals surface area contributed by atoms with Crippen LogP contribution in [0.3, 0.4) is 0 Å². The summed E-state index contributed by atoms with van der Waals surface area (Å²) >= 11 is 0. The molecule has 8 nitrogen and oxygen atoms in total. The van der Waals surface area contributed by atoms with Gasteiger partial charge in [-0.25, -0.2) is 9.78 Å². The lowest BCUT2D eigenvalue weighted by molar-refractivity contribution is 0.0956. The van der Waals surface area contributed by atoms with Crippen molar-refractivity contribution in [2.45, 2.75) is 19.4 Å². The zero-order valence-corrected chi connectivity index (χ0v) is 17.2. The highest BCUT2D eigenvalue weighted by Crippen LogP contribution is 2.37. The minimum Gasteiger partial charge on any atom is -0.481 e. The largest absolute Gasteiger partial charge is 0.481 e. The fourth-order valence-electron chi connectivity index (χ4n) is 4.24. The molecule has 1 unspecified atom stereocenters. The minimum atomic E-state index is -0.371. The van der Waals surface area contributed by atoms with Gasteiger partial charge in [0.25, 0.3) is 5.91 Å². The second-order valence-corrected chi connectivity index (χ2v) is 7.57. The van der Waals surface area contributed by atoms with Gasteiger partial charge in [-0.2, -0.15) is 0 Å². The Kier molecular flexibility index (Phi) is 4.54. The van der Waals surface area contributed by atoms with Gasteiger partial charge in [-0.3, -0.25) is 14.7 Å². The molecule has 31 heavy (non-hydrogen) atoms. The maximum absolute atomic E-state index is 13.2. The summed E-state index contributed by atoms with van der Waals surface area (Å²) in [7, 11) is 1.57. The summed E-state index contributed by atoms with van der Waals surface area (Å²) in [5.41, 5.74) is 5.37. The lowest BCUT2D eigenvalue weighted by atomic mass is 9.95. The van der Waals surface area contributed by atoms with Gasteiger partial charge in [-0.1, -0.05) is 24.3 Å². The molecule has 2 aliphatic rings. The van der Waals surface area contributed by atoms with Crippen LogP contribution in [0.25, 0.3) is 0 Å². The molecule has 2 aliphatic heterocycles. The van der Waals surface area contributed by atoms with E-state index < -0.39 is 0 Å². The van der Waals surface area contributed by atoms with Gasteiger partial charge < -0.3 is 15.4 Å². The van der Waals surface area contributed by atoms with Crippen LogP contribution >= 0.6 is 0 Å². The third-order valence-electron chi connectivity index (χ3n) is 5.80. The van der Waals surface area contributed by atoms with Crippen LogP contribution in [-0.2, 0) is 6.42 Å². The Labute approximate surface area is 179 Å². The molecule has 2 aromatic heterocycles. The number of aromatic nitrogens is 2. The molecule has 0 radical (unpaired) electrons. The van der Waals surface area contributed by atoms with Crippen molar-refractivity contribution in [1.29, 1.82) is 0 Å². The van der Waals surface area contributed by atoms with Crippen LogP contribution in [0.4, 0.5) is 16.2 Å². The molecule has 156 valence electrons. The average Bonchev–Trinajstić information content (AvgIpc) is 3.35. The van der Waals surface area contributed by atoms with E-state index in [2.05, 4.69) is 20.6 Å². The maximum Gasteiger partial charge on any atom is 0.326 e. The van der Waals surface area contributed by atoms with Gasteiger partial charge in [0.1, 0.15) is 5.69 Å². The highest BCUT2D eigenvalue weighted by atomic mass is 16.5. The predicted octanol–water partition coefficient (Wildman–Crippen LogP) is 3.22. The second-order valence-electron chi connectivity index (χ2n) is 7.57. The smallest absolute Gasteiger partial charge is 0.326 e. The topological polar surface area (TPSA) is 96.4 Å². The van der Waals surface area contributed by atoms with E-state index >= 15 is 0 Å². The number of carbonyl (C=O) groups is 2. The van der Waals surface area contributed by atoms with Crippen molar-refractivity contribution in [3.8, 4) is 5.88 Å². The quantitative estimate of drug-likeness (QED) is 0.685. The Morgan fingerprint density at radius 1 is 1.26 bits per heavy atom. The molecular formula is C23H21N5O3. The van der Waals surface area contributed by atoms with Gasteiger partial charge in [0.15, 0.2) is 0 Å². The number of nitrogens with zero attached hydrogens (tertiary/aromatic N) is 3. The number of rotatable bonds is 3. The summed E-state index contributed by atoms with van der Waals surface area (Å²) < 4.78 is 5.18. The summed E-state index contributed by atoms with van der Waals surface area (Å²) in [6, 6.07) is 10.8. The monoisotopic (exact) mass is 415 g/mol. The highest BCUT2D eigenvalue weighted by molar-refractivity contribution is 6.06.